The van der Waals surface area contributed by atoms with Crippen molar-refractivity contribution in [2.45, 2.75) is 0 Å². The number of aromatic nitrogens is 2. The maximum atomic E-state index is 12.2. The number of carbonyl (C=O) groups is 2. The van der Waals surface area contributed by atoms with E-state index >= 15 is 0 Å². The van der Waals surface area contributed by atoms with E-state index in [-0.39, 0.29) is 12.2 Å². The van der Waals surface area contributed by atoms with E-state index < -0.39 is 18.4 Å². The third-order valence-corrected chi connectivity index (χ3v) is 2.72. The van der Waals surface area contributed by atoms with Crippen molar-refractivity contribution in [1.82, 2.24) is 14.7 Å². The molecule has 0 bridgehead atoms. The Morgan fingerprint density at radius 3 is 2.62 bits per heavy atom. The summed E-state index contributed by atoms with van der Waals surface area (Å²) in [7, 11) is 0. The van der Waals surface area contributed by atoms with E-state index in [4.69, 9.17) is 11.5 Å². The number of carboxylic acids is 1. The van der Waals surface area contributed by atoms with Gasteiger partial charge in [-0.15, -0.1) is 6.42 Å². The number of amides is 1. The summed E-state index contributed by atoms with van der Waals surface area (Å²) in [5, 5.41) is 13.0. The van der Waals surface area contributed by atoms with Gasteiger partial charge in [-0.25, -0.2) is 4.68 Å². The Hall–Kier alpha value is -3.07. The fraction of sp³-hybridized carbons (Fsp3) is 0.133. The first-order valence-corrected chi connectivity index (χ1v) is 6.17. The smallest absolute Gasteiger partial charge is 0.323 e. The molecular formula is C15H13N3O3. The molecule has 0 fully saturated rings. The van der Waals surface area contributed by atoms with Crippen molar-refractivity contribution in [3.63, 3.8) is 0 Å². The summed E-state index contributed by atoms with van der Waals surface area (Å²) in [6, 6.07) is 10.8. The first-order chi connectivity index (χ1) is 10.1. The van der Waals surface area contributed by atoms with Gasteiger partial charge in [-0.1, -0.05) is 24.1 Å². The Kier molecular flexibility index (Phi) is 4.36. The first kappa shape index (κ1) is 14.3. The number of para-hydroxylation sites is 1. The lowest BCUT2D eigenvalue weighted by atomic mass is 10.3. The second kappa shape index (κ2) is 6.39. The van der Waals surface area contributed by atoms with Crippen molar-refractivity contribution in [2.24, 2.45) is 0 Å². The normalized spacial score (nSPS) is 9.86. The van der Waals surface area contributed by atoms with Gasteiger partial charge in [0.05, 0.1) is 12.2 Å². The third kappa shape index (κ3) is 3.48. The highest BCUT2D eigenvalue weighted by Gasteiger charge is 2.20. The van der Waals surface area contributed by atoms with Crippen molar-refractivity contribution in [3.05, 3.63) is 48.3 Å². The van der Waals surface area contributed by atoms with Crippen molar-refractivity contribution in [3.8, 4) is 18.0 Å². The second-order valence-corrected chi connectivity index (χ2v) is 4.24. The fourth-order valence-electron chi connectivity index (χ4n) is 1.80. The molecule has 1 aromatic heterocycles. The van der Waals surface area contributed by atoms with Crippen LogP contribution in [-0.4, -0.2) is 44.8 Å². The highest BCUT2D eigenvalue weighted by molar-refractivity contribution is 5.94. The molecule has 0 saturated heterocycles. The number of hydrogen-bond donors (Lipinski definition) is 1. The third-order valence-electron chi connectivity index (χ3n) is 2.72. The number of rotatable bonds is 5. The van der Waals surface area contributed by atoms with Gasteiger partial charge in [0.1, 0.15) is 6.54 Å². The second-order valence-electron chi connectivity index (χ2n) is 4.24. The van der Waals surface area contributed by atoms with Crippen LogP contribution in [0.4, 0.5) is 0 Å². The minimum Gasteiger partial charge on any atom is -0.480 e. The zero-order valence-electron chi connectivity index (χ0n) is 11.1. The van der Waals surface area contributed by atoms with Crippen LogP contribution in [0.15, 0.2) is 42.6 Å². The monoisotopic (exact) mass is 283 g/mol. The van der Waals surface area contributed by atoms with Crippen LogP contribution in [0.25, 0.3) is 5.69 Å². The van der Waals surface area contributed by atoms with E-state index in [1.54, 1.807) is 10.9 Å². The van der Waals surface area contributed by atoms with E-state index in [0.29, 0.717) is 0 Å². The SMILES string of the molecule is C#CCN(CC(=O)O)C(=O)c1ccn(-c2ccccc2)n1. The number of benzene rings is 1. The number of terminal acetylenes is 1. The minimum atomic E-state index is -1.12. The predicted molar refractivity (Wildman–Crippen MR) is 75.9 cm³/mol. The maximum Gasteiger partial charge on any atom is 0.323 e. The Balaban J connectivity index is 2.22. The minimum absolute atomic E-state index is 0.0800. The molecule has 0 unspecified atom stereocenters. The van der Waals surface area contributed by atoms with Crippen LogP contribution < -0.4 is 0 Å². The molecule has 106 valence electrons. The standard InChI is InChI=1S/C15H13N3O3/c1-2-9-17(11-14(19)20)15(21)13-8-10-18(16-13)12-6-4-3-5-7-12/h1,3-8,10H,9,11H2,(H,19,20). The number of carboxylic acid groups (broad SMARTS) is 1. The Morgan fingerprint density at radius 1 is 1.29 bits per heavy atom. The summed E-state index contributed by atoms with van der Waals surface area (Å²) in [6.07, 6.45) is 6.79. The van der Waals surface area contributed by atoms with Gasteiger partial charge in [0, 0.05) is 6.20 Å². The lowest BCUT2D eigenvalue weighted by Crippen LogP contribution is -2.36. The summed E-state index contributed by atoms with van der Waals surface area (Å²) >= 11 is 0. The summed E-state index contributed by atoms with van der Waals surface area (Å²) in [5.74, 6) is 0.636. The summed E-state index contributed by atoms with van der Waals surface area (Å²) in [5.41, 5.74) is 0.952. The molecule has 0 radical (unpaired) electrons. The number of nitrogens with zero attached hydrogens (tertiary/aromatic N) is 3. The predicted octanol–water partition coefficient (Wildman–Crippen LogP) is 1.03. The van der Waals surface area contributed by atoms with Crippen LogP contribution in [0.3, 0.4) is 0 Å². The van der Waals surface area contributed by atoms with E-state index in [1.807, 2.05) is 30.3 Å². The van der Waals surface area contributed by atoms with E-state index in [2.05, 4.69) is 11.0 Å². The Labute approximate surface area is 121 Å². The molecule has 0 spiro atoms. The van der Waals surface area contributed by atoms with E-state index in [9.17, 15) is 9.59 Å². The first-order valence-electron chi connectivity index (χ1n) is 6.17. The Morgan fingerprint density at radius 2 is 2.00 bits per heavy atom. The number of hydrogen-bond acceptors (Lipinski definition) is 3. The Bertz CT molecular complexity index is 686. The number of carbonyl (C=O) groups excluding carboxylic acids is 1. The molecule has 0 aliphatic rings. The molecule has 0 aliphatic carbocycles. The molecule has 2 aromatic rings. The molecule has 6 nitrogen and oxygen atoms in total. The lowest BCUT2D eigenvalue weighted by Gasteiger charge is -2.16. The van der Waals surface area contributed by atoms with Crippen LogP contribution in [-0.2, 0) is 4.79 Å². The van der Waals surface area contributed by atoms with Gasteiger partial charge in [-0.2, -0.15) is 5.10 Å². The van der Waals surface area contributed by atoms with Gasteiger partial charge in [0.2, 0.25) is 0 Å². The topological polar surface area (TPSA) is 75.4 Å². The van der Waals surface area contributed by atoms with E-state index in [0.717, 1.165) is 10.6 Å². The molecular weight excluding hydrogens is 270 g/mol. The molecule has 21 heavy (non-hydrogen) atoms. The zero-order valence-corrected chi connectivity index (χ0v) is 11.1. The molecule has 0 saturated carbocycles. The zero-order chi connectivity index (χ0) is 15.2. The van der Waals surface area contributed by atoms with Gasteiger partial charge in [-0.05, 0) is 18.2 Å². The molecule has 6 heteroatoms. The molecule has 2 rings (SSSR count). The van der Waals surface area contributed by atoms with Gasteiger partial charge < -0.3 is 10.0 Å². The van der Waals surface area contributed by atoms with Crippen LogP contribution in [0.5, 0.6) is 0 Å². The van der Waals surface area contributed by atoms with Crippen LogP contribution >= 0.6 is 0 Å². The summed E-state index contributed by atoms with van der Waals surface area (Å²) in [6.45, 7) is -0.537. The average Bonchev–Trinajstić information content (AvgIpc) is 2.96. The molecule has 1 aromatic carbocycles. The van der Waals surface area contributed by atoms with Crippen molar-refractivity contribution >= 4 is 11.9 Å². The van der Waals surface area contributed by atoms with Crippen molar-refractivity contribution in [1.29, 1.82) is 0 Å². The highest BCUT2D eigenvalue weighted by Crippen LogP contribution is 2.08. The van der Waals surface area contributed by atoms with Crippen LogP contribution in [0, 0.1) is 12.3 Å². The average molecular weight is 283 g/mol. The quantitative estimate of drug-likeness (QED) is 0.832. The van der Waals surface area contributed by atoms with Gasteiger partial charge in [-0.3, -0.25) is 9.59 Å². The van der Waals surface area contributed by atoms with Gasteiger partial charge >= 0.3 is 5.97 Å². The molecule has 1 heterocycles. The molecule has 1 N–H and O–H groups in total. The van der Waals surface area contributed by atoms with Crippen LogP contribution in [0.1, 0.15) is 10.5 Å². The largest absolute Gasteiger partial charge is 0.480 e. The van der Waals surface area contributed by atoms with Gasteiger partial charge in [0.15, 0.2) is 5.69 Å². The molecule has 0 atom stereocenters. The van der Waals surface area contributed by atoms with Crippen molar-refractivity contribution < 1.29 is 14.7 Å². The van der Waals surface area contributed by atoms with E-state index in [1.165, 1.54) is 6.07 Å². The summed E-state index contributed by atoms with van der Waals surface area (Å²) < 4.78 is 1.54. The molecule has 1 amide bonds. The highest BCUT2D eigenvalue weighted by atomic mass is 16.4. The van der Waals surface area contributed by atoms with Crippen molar-refractivity contribution in [2.75, 3.05) is 13.1 Å². The molecule has 0 aliphatic heterocycles. The van der Waals surface area contributed by atoms with Crippen LogP contribution in [0.2, 0.25) is 0 Å². The maximum absolute atomic E-state index is 12.2. The fourth-order valence-corrected chi connectivity index (χ4v) is 1.80. The van der Waals surface area contributed by atoms with Gasteiger partial charge in [0.25, 0.3) is 5.91 Å². The number of aliphatic carboxylic acids is 1. The summed E-state index contributed by atoms with van der Waals surface area (Å²) in [4.78, 5) is 24.0. The lowest BCUT2D eigenvalue weighted by molar-refractivity contribution is -0.137.